The molecule has 3 aliphatic heterocycles. The Balaban J connectivity index is 1.38. The molecule has 0 N–H and O–H groups in total. The van der Waals surface area contributed by atoms with Crippen molar-refractivity contribution in [1.29, 1.82) is 0 Å². The van der Waals surface area contributed by atoms with Gasteiger partial charge >= 0.3 is 0 Å². The molecule has 1 aromatic rings. The monoisotopic (exact) mass is 327 g/mol. The van der Waals surface area contributed by atoms with Crippen molar-refractivity contribution in [3.8, 4) is 0 Å². The zero-order valence-electron chi connectivity index (χ0n) is 14.1. The van der Waals surface area contributed by atoms with Crippen LogP contribution in [0.2, 0.25) is 0 Å². The molecule has 2 bridgehead atoms. The van der Waals surface area contributed by atoms with Crippen LogP contribution in [-0.4, -0.2) is 52.3 Å². The van der Waals surface area contributed by atoms with Crippen molar-refractivity contribution in [3.63, 3.8) is 0 Å². The molecule has 5 heteroatoms. The second kappa shape index (κ2) is 6.54. The number of rotatable bonds is 3. The van der Waals surface area contributed by atoms with Crippen LogP contribution in [0.3, 0.4) is 0 Å². The average Bonchev–Trinajstić information content (AvgIpc) is 2.61. The zero-order chi connectivity index (χ0) is 16.5. The van der Waals surface area contributed by atoms with Crippen LogP contribution in [0.5, 0.6) is 0 Å². The maximum absolute atomic E-state index is 12.7. The molecular formula is C19H25N3O2. The van der Waals surface area contributed by atoms with Crippen LogP contribution in [0.1, 0.15) is 37.7 Å². The normalized spacial score (nSPS) is 29.3. The molecule has 4 heterocycles. The maximum atomic E-state index is 12.7. The van der Waals surface area contributed by atoms with E-state index in [0.717, 1.165) is 44.5 Å². The van der Waals surface area contributed by atoms with Crippen LogP contribution in [0.4, 0.5) is 0 Å². The lowest BCUT2D eigenvalue weighted by Gasteiger charge is -2.52. The van der Waals surface area contributed by atoms with E-state index < -0.39 is 0 Å². The summed E-state index contributed by atoms with van der Waals surface area (Å²) in [5.74, 6) is 1.52. The summed E-state index contributed by atoms with van der Waals surface area (Å²) in [5.41, 5.74) is 1.12. The Morgan fingerprint density at radius 2 is 2.21 bits per heavy atom. The van der Waals surface area contributed by atoms with Crippen LogP contribution < -0.4 is 0 Å². The van der Waals surface area contributed by atoms with E-state index in [1.165, 1.54) is 6.42 Å². The molecule has 3 aliphatic rings. The third kappa shape index (κ3) is 3.04. The number of amides is 2. The van der Waals surface area contributed by atoms with E-state index in [9.17, 15) is 9.59 Å². The Labute approximate surface area is 143 Å². The number of carbonyl (C=O) groups is 2. The van der Waals surface area contributed by atoms with Gasteiger partial charge in [0.05, 0.1) is 0 Å². The fraction of sp³-hybridized carbons (Fsp3) is 0.632. The quantitative estimate of drug-likeness (QED) is 0.852. The Morgan fingerprint density at radius 1 is 1.29 bits per heavy atom. The van der Waals surface area contributed by atoms with Crippen molar-refractivity contribution < 1.29 is 9.59 Å². The molecule has 24 heavy (non-hydrogen) atoms. The van der Waals surface area contributed by atoms with Gasteiger partial charge in [-0.15, -0.1) is 0 Å². The Morgan fingerprint density at radius 3 is 3.04 bits per heavy atom. The van der Waals surface area contributed by atoms with E-state index in [4.69, 9.17) is 0 Å². The van der Waals surface area contributed by atoms with Gasteiger partial charge in [-0.3, -0.25) is 14.6 Å². The predicted molar refractivity (Wildman–Crippen MR) is 90.1 cm³/mol. The summed E-state index contributed by atoms with van der Waals surface area (Å²) in [5, 5.41) is 0. The molecular weight excluding hydrogens is 302 g/mol. The number of carbonyl (C=O) groups excluding carboxylic acids is 2. The van der Waals surface area contributed by atoms with Gasteiger partial charge in [0.15, 0.2) is 0 Å². The molecule has 3 saturated heterocycles. The Hall–Kier alpha value is -1.91. The molecule has 0 unspecified atom stereocenters. The smallest absolute Gasteiger partial charge is 0.222 e. The highest BCUT2D eigenvalue weighted by molar-refractivity contribution is 5.78. The second-order valence-corrected chi connectivity index (χ2v) is 7.53. The lowest BCUT2D eigenvalue weighted by molar-refractivity contribution is -0.148. The molecule has 4 rings (SSSR count). The van der Waals surface area contributed by atoms with Crippen molar-refractivity contribution in [2.24, 2.45) is 11.8 Å². The average molecular weight is 327 g/mol. The van der Waals surface area contributed by atoms with Gasteiger partial charge in [0.2, 0.25) is 11.8 Å². The van der Waals surface area contributed by atoms with Crippen LogP contribution >= 0.6 is 0 Å². The first-order valence-corrected chi connectivity index (χ1v) is 9.17. The minimum Gasteiger partial charge on any atom is -0.342 e. The van der Waals surface area contributed by atoms with Crippen molar-refractivity contribution in [3.05, 3.63) is 30.1 Å². The van der Waals surface area contributed by atoms with E-state index in [0.29, 0.717) is 36.6 Å². The van der Waals surface area contributed by atoms with Gasteiger partial charge in [-0.25, -0.2) is 0 Å². The summed E-state index contributed by atoms with van der Waals surface area (Å²) < 4.78 is 0. The van der Waals surface area contributed by atoms with Gasteiger partial charge in [-0.2, -0.15) is 0 Å². The highest BCUT2D eigenvalue weighted by atomic mass is 16.2. The summed E-state index contributed by atoms with van der Waals surface area (Å²) in [6.45, 7) is 2.50. The number of aryl methyl sites for hydroxylation is 1. The molecule has 3 fully saturated rings. The largest absolute Gasteiger partial charge is 0.342 e. The van der Waals surface area contributed by atoms with Gasteiger partial charge in [0.1, 0.15) is 0 Å². The summed E-state index contributed by atoms with van der Waals surface area (Å²) >= 11 is 0. The van der Waals surface area contributed by atoms with Gasteiger partial charge in [0, 0.05) is 50.9 Å². The van der Waals surface area contributed by atoms with Crippen molar-refractivity contribution in [2.45, 2.75) is 44.6 Å². The van der Waals surface area contributed by atoms with E-state index in [1.807, 2.05) is 18.3 Å². The molecule has 0 spiro atoms. The van der Waals surface area contributed by atoms with Crippen LogP contribution in [0.15, 0.2) is 24.5 Å². The Bertz CT molecular complexity index is 618. The van der Waals surface area contributed by atoms with E-state index in [2.05, 4.69) is 14.8 Å². The van der Waals surface area contributed by atoms with Gasteiger partial charge in [-0.05, 0) is 49.1 Å². The number of piperidine rings is 3. The SMILES string of the molecule is O=C(CCc1cccnc1)N1C[C@H]2C[C@H](C1)[C@@H]1CCCC(=O)N1C2. The molecule has 0 aliphatic carbocycles. The molecule has 3 atom stereocenters. The first-order valence-electron chi connectivity index (χ1n) is 9.17. The third-order valence-electron chi connectivity index (χ3n) is 5.88. The van der Waals surface area contributed by atoms with Crippen molar-refractivity contribution >= 4 is 11.8 Å². The molecule has 2 amide bonds. The highest BCUT2D eigenvalue weighted by Crippen LogP contribution is 2.38. The lowest BCUT2D eigenvalue weighted by Crippen LogP contribution is -2.61. The van der Waals surface area contributed by atoms with Crippen LogP contribution in [0.25, 0.3) is 0 Å². The molecule has 0 saturated carbocycles. The first kappa shape index (κ1) is 15.6. The Kier molecular flexibility index (Phi) is 4.25. The molecule has 5 nitrogen and oxygen atoms in total. The summed E-state index contributed by atoms with van der Waals surface area (Å²) in [4.78, 5) is 33.1. The standard InChI is InChI=1S/C19H25N3O2/c23-18(7-6-14-3-2-8-20-10-14)21-11-15-9-16(13-21)17-4-1-5-19(24)22(17)12-15/h2-3,8,10,15-17H,1,4-7,9,11-13H2/t15-,16-,17+/m1/s1. The highest BCUT2D eigenvalue weighted by Gasteiger charge is 2.44. The molecule has 128 valence electrons. The number of hydrogen-bond acceptors (Lipinski definition) is 3. The summed E-state index contributed by atoms with van der Waals surface area (Å²) in [6, 6.07) is 4.31. The number of pyridine rings is 1. The van der Waals surface area contributed by atoms with E-state index in [1.54, 1.807) is 6.20 Å². The maximum Gasteiger partial charge on any atom is 0.222 e. The zero-order valence-corrected chi connectivity index (χ0v) is 14.1. The number of aromatic nitrogens is 1. The number of fused-ring (bicyclic) bond motifs is 4. The summed E-state index contributed by atoms with van der Waals surface area (Å²) in [7, 11) is 0. The number of hydrogen-bond donors (Lipinski definition) is 0. The van der Waals surface area contributed by atoms with Gasteiger partial charge in [0.25, 0.3) is 0 Å². The van der Waals surface area contributed by atoms with Gasteiger partial charge in [-0.1, -0.05) is 6.07 Å². The number of likely N-dealkylation sites (tertiary alicyclic amines) is 1. The van der Waals surface area contributed by atoms with Crippen molar-refractivity contribution in [2.75, 3.05) is 19.6 Å². The second-order valence-electron chi connectivity index (χ2n) is 7.53. The molecule has 1 aromatic heterocycles. The molecule has 0 radical (unpaired) electrons. The predicted octanol–water partition coefficient (Wildman–Crippen LogP) is 1.87. The van der Waals surface area contributed by atoms with Crippen LogP contribution in [-0.2, 0) is 16.0 Å². The summed E-state index contributed by atoms with van der Waals surface area (Å²) in [6.07, 6.45) is 8.92. The fourth-order valence-corrected chi connectivity index (χ4v) is 4.77. The topological polar surface area (TPSA) is 53.5 Å². The van der Waals surface area contributed by atoms with Crippen molar-refractivity contribution in [1.82, 2.24) is 14.8 Å². The fourth-order valence-electron chi connectivity index (χ4n) is 4.77. The first-order chi connectivity index (χ1) is 11.7. The minimum absolute atomic E-state index is 0.254. The third-order valence-corrected chi connectivity index (χ3v) is 5.88. The minimum atomic E-state index is 0.254. The number of nitrogens with zero attached hydrogens (tertiary/aromatic N) is 3. The van der Waals surface area contributed by atoms with E-state index in [-0.39, 0.29) is 5.91 Å². The van der Waals surface area contributed by atoms with Crippen LogP contribution in [0, 0.1) is 11.8 Å². The molecule has 0 aromatic carbocycles. The van der Waals surface area contributed by atoms with E-state index >= 15 is 0 Å². The van der Waals surface area contributed by atoms with Gasteiger partial charge < -0.3 is 9.80 Å². The lowest BCUT2D eigenvalue weighted by atomic mass is 9.76.